The summed E-state index contributed by atoms with van der Waals surface area (Å²) in [6.45, 7) is 2.43. The van der Waals surface area contributed by atoms with E-state index in [2.05, 4.69) is 4.98 Å². The number of fused-ring (bicyclic) bond motifs is 2. The zero-order valence-corrected chi connectivity index (χ0v) is 13.8. The van der Waals surface area contributed by atoms with Crippen LogP contribution in [0.2, 0.25) is 0 Å². The molecule has 0 saturated heterocycles. The molecule has 0 saturated carbocycles. The van der Waals surface area contributed by atoms with E-state index >= 15 is 0 Å². The Hall–Kier alpha value is -2.60. The molecule has 0 radical (unpaired) electrons. The van der Waals surface area contributed by atoms with Gasteiger partial charge in [-0.1, -0.05) is 18.2 Å². The third-order valence-corrected chi connectivity index (χ3v) is 5.20. The summed E-state index contributed by atoms with van der Waals surface area (Å²) >= 11 is 0. The molecule has 1 aliphatic heterocycles. The first-order chi connectivity index (χ1) is 11.5. The summed E-state index contributed by atoms with van der Waals surface area (Å²) < 4.78 is 36.1. The minimum atomic E-state index is -3.93. The van der Waals surface area contributed by atoms with Gasteiger partial charge in [0.05, 0.1) is 6.61 Å². The van der Waals surface area contributed by atoms with Gasteiger partial charge in [0.2, 0.25) is 0 Å². The highest BCUT2D eigenvalue weighted by Gasteiger charge is 2.22. The fourth-order valence-corrected chi connectivity index (χ4v) is 3.76. The van der Waals surface area contributed by atoms with Crippen LogP contribution in [0.25, 0.3) is 10.9 Å². The number of ether oxygens (including phenoxy) is 1. The molecule has 1 aliphatic rings. The molecule has 4 rings (SSSR count). The molecule has 2 aromatic carbocycles. The number of aryl methyl sites for hydroxylation is 1. The first kappa shape index (κ1) is 15.0. The van der Waals surface area contributed by atoms with Crippen molar-refractivity contribution in [1.82, 2.24) is 4.98 Å². The van der Waals surface area contributed by atoms with Gasteiger partial charge in [-0.05, 0) is 42.8 Å². The molecule has 2 heterocycles. The van der Waals surface area contributed by atoms with Gasteiger partial charge >= 0.3 is 10.1 Å². The highest BCUT2D eigenvalue weighted by Crippen LogP contribution is 2.30. The molecule has 0 aliphatic carbocycles. The Kier molecular flexibility index (Phi) is 3.42. The molecule has 3 aromatic rings. The van der Waals surface area contributed by atoms with Crippen LogP contribution in [-0.2, 0) is 16.5 Å². The van der Waals surface area contributed by atoms with Crippen molar-refractivity contribution in [2.75, 3.05) is 6.61 Å². The van der Waals surface area contributed by atoms with Crippen molar-refractivity contribution in [2.24, 2.45) is 0 Å². The minimum Gasteiger partial charge on any atom is -0.493 e. The average Bonchev–Trinajstić information content (AvgIpc) is 3.03. The Bertz CT molecular complexity index is 1040. The number of pyridine rings is 1. The van der Waals surface area contributed by atoms with Gasteiger partial charge in [0.15, 0.2) is 5.75 Å². The van der Waals surface area contributed by atoms with E-state index in [-0.39, 0.29) is 10.6 Å². The van der Waals surface area contributed by atoms with Gasteiger partial charge < -0.3 is 8.92 Å². The van der Waals surface area contributed by atoms with E-state index in [4.69, 9.17) is 8.92 Å². The molecule has 0 spiro atoms. The first-order valence-corrected chi connectivity index (χ1v) is 9.00. The molecule has 24 heavy (non-hydrogen) atoms. The zero-order valence-electron chi connectivity index (χ0n) is 13.0. The fraction of sp³-hybridized carbons (Fsp3) is 0.167. The van der Waals surface area contributed by atoms with Gasteiger partial charge in [-0.25, -0.2) is 4.98 Å². The zero-order chi connectivity index (χ0) is 16.7. The second kappa shape index (κ2) is 5.49. The molecule has 122 valence electrons. The summed E-state index contributed by atoms with van der Waals surface area (Å²) in [5.41, 5.74) is 2.21. The molecule has 0 atom stereocenters. The lowest BCUT2D eigenvalue weighted by Crippen LogP contribution is -2.10. The SMILES string of the molecule is Cc1ccc2cccc(OS(=O)(=O)c3ccc4c(c3)CCO4)c2n1. The van der Waals surface area contributed by atoms with Gasteiger partial charge in [0.25, 0.3) is 0 Å². The number of hydrogen-bond donors (Lipinski definition) is 0. The Labute approximate surface area is 140 Å². The molecular weight excluding hydrogens is 326 g/mol. The summed E-state index contributed by atoms with van der Waals surface area (Å²) in [6.07, 6.45) is 0.702. The third kappa shape index (κ3) is 2.59. The number of para-hydroxylation sites is 1. The van der Waals surface area contributed by atoms with Crippen molar-refractivity contribution in [2.45, 2.75) is 18.2 Å². The Balaban J connectivity index is 1.76. The van der Waals surface area contributed by atoms with E-state index in [0.717, 1.165) is 22.4 Å². The molecule has 5 nitrogen and oxygen atoms in total. The maximum Gasteiger partial charge on any atom is 0.339 e. The molecule has 0 fully saturated rings. The van der Waals surface area contributed by atoms with E-state index in [1.54, 1.807) is 24.3 Å². The van der Waals surface area contributed by atoms with Crippen LogP contribution in [0.4, 0.5) is 0 Å². The lowest BCUT2D eigenvalue weighted by atomic mass is 10.2. The van der Waals surface area contributed by atoms with Gasteiger partial charge in [-0.3, -0.25) is 0 Å². The van der Waals surface area contributed by atoms with E-state index < -0.39 is 10.1 Å². The maximum absolute atomic E-state index is 12.6. The Morgan fingerprint density at radius 3 is 2.88 bits per heavy atom. The van der Waals surface area contributed by atoms with Crippen molar-refractivity contribution in [3.63, 3.8) is 0 Å². The van der Waals surface area contributed by atoms with Gasteiger partial charge in [-0.2, -0.15) is 8.42 Å². The van der Waals surface area contributed by atoms with Crippen molar-refractivity contribution in [1.29, 1.82) is 0 Å². The van der Waals surface area contributed by atoms with Crippen molar-refractivity contribution in [3.8, 4) is 11.5 Å². The highest BCUT2D eigenvalue weighted by atomic mass is 32.2. The molecular formula is C18H15NO4S. The number of aromatic nitrogens is 1. The summed E-state index contributed by atoms with van der Waals surface area (Å²) in [7, 11) is -3.93. The maximum atomic E-state index is 12.6. The van der Waals surface area contributed by atoms with E-state index in [1.165, 1.54) is 6.07 Å². The second-order valence-corrected chi connectivity index (χ2v) is 7.23. The Morgan fingerprint density at radius 2 is 2.00 bits per heavy atom. The second-order valence-electron chi connectivity index (χ2n) is 5.69. The quantitative estimate of drug-likeness (QED) is 0.684. The summed E-state index contributed by atoms with van der Waals surface area (Å²) in [6, 6.07) is 13.8. The number of benzene rings is 2. The van der Waals surface area contributed by atoms with Crippen LogP contribution < -0.4 is 8.92 Å². The average molecular weight is 341 g/mol. The fourth-order valence-electron chi connectivity index (χ4n) is 2.77. The molecule has 6 heteroatoms. The van der Waals surface area contributed by atoms with Gasteiger partial charge in [-0.15, -0.1) is 0 Å². The van der Waals surface area contributed by atoms with E-state index in [1.807, 2.05) is 25.1 Å². The summed E-state index contributed by atoms with van der Waals surface area (Å²) in [4.78, 5) is 4.52. The summed E-state index contributed by atoms with van der Waals surface area (Å²) in [5.74, 6) is 0.962. The smallest absolute Gasteiger partial charge is 0.339 e. The van der Waals surface area contributed by atoms with Crippen LogP contribution in [0.5, 0.6) is 11.5 Å². The van der Waals surface area contributed by atoms with Gasteiger partial charge in [0.1, 0.15) is 16.2 Å². The van der Waals surface area contributed by atoms with Crippen molar-refractivity contribution < 1.29 is 17.3 Å². The standard InChI is InChI=1S/C18H15NO4S/c1-12-5-6-13-3-2-4-17(18(13)19-12)23-24(20,21)15-7-8-16-14(11-15)9-10-22-16/h2-8,11H,9-10H2,1H3. The monoisotopic (exact) mass is 341 g/mol. The third-order valence-electron chi connectivity index (χ3n) is 3.97. The van der Waals surface area contributed by atoms with Gasteiger partial charge in [0, 0.05) is 17.5 Å². The highest BCUT2D eigenvalue weighted by molar-refractivity contribution is 7.87. The number of hydrogen-bond acceptors (Lipinski definition) is 5. The van der Waals surface area contributed by atoms with Crippen LogP contribution in [0.3, 0.4) is 0 Å². The molecule has 0 bridgehead atoms. The van der Waals surface area contributed by atoms with E-state index in [0.29, 0.717) is 18.5 Å². The van der Waals surface area contributed by atoms with Crippen molar-refractivity contribution in [3.05, 3.63) is 59.8 Å². The number of nitrogens with zero attached hydrogens (tertiary/aromatic N) is 1. The Morgan fingerprint density at radius 1 is 1.12 bits per heavy atom. The van der Waals surface area contributed by atoms with Crippen LogP contribution in [0, 0.1) is 6.92 Å². The lowest BCUT2D eigenvalue weighted by Gasteiger charge is -2.10. The normalized spacial score (nSPS) is 13.5. The van der Waals surface area contributed by atoms with Crippen LogP contribution >= 0.6 is 0 Å². The number of rotatable bonds is 3. The molecule has 0 N–H and O–H groups in total. The van der Waals surface area contributed by atoms with Crippen LogP contribution in [0.15, 0.2) is 53.4 Å². The first-order valence-electron chi connectivity index (χ1n) is 7.59. The van der Waals surface area contributed by atoms with E-state index in [9.17, 15) is 8.42 Å². The van der Waals surface area contributed by atoms with Crippen molar-refractivity contribution >= 4 is 21.0 Å². The van der Waals surface area contributed by atoms with Crippen LogP contribution in [0.1, 0.15) is 11.3 Å². The minimum absolute atomic E-state index is 0.122. The molecule has 1 aromatic heterocycles. The molecule has 0 amide bonds. The topological polar surface area (TPSA) is 65.5 Å². The predicted octanol–water partition coefficient (Wildman–Crippen LogP) is 3.25. The largest absolute Gasteiger partial charge is 0.493 e. The summed E-state index contributed by atoms with van der Waals surface area (Å²) in [5, 5.41) is 0.829. The lowest BCUT2D eigenvalue weighted by molar-refractivity contribution is 0.356. The van der Waals surface area contributed by atoms with Crippen LogP contribution in [-0.4, -0.2) is 20.0 Å². The molecule has 0 unspecified atom stereocenters. The predicted molar refractivity (Wildman–Crippen MR) is 89.9 cm³/mol.